The molecule has 4 rings (SSSR count). The normalized spacial score (nSPS) is 10.9. The van der Waals surface area contributed by atoms with Gasteiger partial charge in [-0.2, -0.15) is 0 Å². The van der Waals surface area contributed by atoms with Crippen LogP contribution in [0.15, 0.2) is 77.1 Å². The zero-order chi connectivity index (χ0) is 22.3. The standard InChI is InChI=1S/C24H22FN3O2S2/c25-18-9-7-17(8-10-18)14-27-23(29)16-32-22-15-28(20-5-2-1-4-19(20)22)12-11-26-24(30)21-6-3-13-31-21/h1-10,13,15H,11-12,14,16H2,(H,26,30)(H,27,29). The van der Waals surface area contributed by atoms with E-state index in [4.69, 9.17) is 0 Å². The Hall–Kier alpha value is -3.10. The van der Waals surface area contributed by atoms with E-state index in [9.17, 15) is 14.0 Å². The zero-order valence-electron chi connectivity index (χ0n) is 17.2. The first-order chi connectivity index (χ1) is 15.6. The molecule has 4 aromatic rings. The van der Waals surface area contributed by atoms with Crippen LogP contribution in [0.25, 0.3) is 10.9 Å². The predicted octanol–water partition coefficient (Wildman–Crippen LogP) is 4.68. The number of carbonyl (C=O) groups excluding carboxylic acids is 2. The lowest BCUT2D eigenvalue weighted by Crippen LogP contribution is -2.26. The molecule has 2 aromatic carbocycles. The molecule has 0 fully saturated rings. The summed E-state index contributed by atoms with van der Waals surface area (Å²) in [5.41, 5.74) is 1.91. The largest absolute Gasteiger partial charge is 0.351 e. The van der Waals surface area contributed by atoms with Crippen molar-refractivity contribution < 1.29 is 14.0 Å². The van der Waals surface area contributed by atoms with Crippen LogP contribution in [-0.2, 0) is 17.9 Å². The van der Waals surface area contributed by atoms with Crippen LogP contribution in [0.5, 0.6) is 0 Å². The molecule has 5 nitrogen and oxygen atoms in total. The number of nitrogens with zero attached hydrogens (tertiary/aromatic N) is 1. The van der Waals surface area contributed by atoms with Gasteiger partial charge in [0.1, 0.15) is 5.82 Å². The van der Waals surface area contributed by atoms with E-state index in [1.807, 2.05) is 41.9 Å². The monoisotopic (exact) mass is 467 g/mol. The number of carbonyl (C=O) groups is 2. The number of fused-ring (bicyclic) bond motifs is 1. The highest BCUT2D eigenvalue weighted by Crippen LogP contribution is 2.29. The maximum Gasteiger partial charge on any atom is 0.261 e. The number of para-hydroxylation sites is 1. The van der Waals surface area contributed by atoms with Crippen LogP contribution in [-0.4, -0.2) is 28.7 Å². The molecular weight excluding hydrogens is 445 g/mol. The van der Waals surface area contributed by atoms with E-state index in [2.05, 4.69) is 15.2 Å². The number of nitrogens with one attached hydrogen (secondary N) is 2. The van der Waals surface area contributed by atoms with Gasteiger partial charge in [-0.05, 0) is 35.2 Å². The van der Waals surface area contributed by atoms with E-state index >= 15 is 0 Å². The van der Waals surface area contributed by atoms with E-state index in [0.29, 0.717) is 24.5 Å². The molecular formula is C24H22FN3O2S2. The Bertz CT molecular complexity index is 1200. The minimum Gasteiger partial charge on any atom is -0.351 e. The number of thioether (sulfide) groups is 1. The van der Waals surface area contributed by atoms with Gasteiger partial charge in [0.15, 0.2) is 0 Å². The second kappa shape index (κ2) is 10.5. The molecule has 0 aliphatic heterocycles. The number of benzene rings is 2. The summed E-state index contributed by atoms with van der Waals surface area (Å²) in [5, 5.41) is 8.78. The predicted molar refractivity (Wildman–Crippen MR) is 128 cm³/mol. The van der Waals surface area contributed by atoms with Gasteiger partial charge in [-0.3, -0.25) is 9.59 Å². The van der Waals surface area contributed by atoms with Gasteiger partial charge in [-0.15, -0.1) is 23.1 Å². The summed E-state index contributed by atoms with van der Waals surface area (Å²) < 4.78 is 15.1. The topological polar surface area (TPSA) is 63.1 Å². The van der Waals surface area contributed by atoms with Crippen molar-refractivity contribution in [1.82, 2.24) is 15.2 Å². The fraction of sp³-hybridized carbons (Fsp3) is 0.167. The summed E-state index contributed by atoms with van der Waals surface area (Å²) in [6, 6.07) is 17.8. The Balaban J connectivity index is 1.34. The molecule has 2 amide bonds. The first-order valence-corrected chi connectivity index (χ1v) is 12.0. The molecule has 0 atom stereocenters. The van der Waals surface area contributed by atoms with Gasteiger partial charge in [0.05, 0.1) is 10.6 Å². The van der Waals surface area contributed by atoms with Crippen LogP contribution >= 0.6 is 23.1 Å². The third-order valence-electron chi connectivity index (χ3n) is 4.90. The molecule has 0 aliphatic carbocycles. The Kier molecular flexibility index (Phi) is 7.24. The van der Waals surface area contributed by atoms with Crippen LogP contribution in [0.4, 0.5) is 4.39 Å². The average Bonchev–Trinajstić information content (AvgIpc) is 3.46. The lowest BCUT2D eigenvalue weighted by atomic mass is 10.2. The number of hydrogen-bond donors (Lipinski definition) is 2. The number of hydrogen-bond acceptors (Lipinski definition) is 4. The van der Waals surface area contributed by atoms with E-state index < -0.39 is 0 Å². The molecule has 2 aromatic heterocycles. The molecule has 0 spiro atoms. The van der Waals surface area contributed by atoms with Crippen molar-refractivity contribution >= 4 is 45.8 Å². The maximum atomic E-state index is 13.0. The number of aromatic nitrogens is 1. The second-order valence-electron chi connectivity index (χ2n) is 7.13. The van der Waals surface area contributed by atoms with Crippen LogP contribution in [0, 0.1) is 5.82 Å². The van der Waals surface area contributed by atoms with Crippen LogP contribution in [0.1, 0.15) is 15.2 Å². The maximum absolute atomic E-state index is 13.0. The minimum atomic E-state index is -0.293. The summed E-state index contributed by atoms with van der Waals surface area (Å²) >= 11 is 2.90. The highest BCUT2D eigenvalue weighted by atomic mass is 32.2. The van der Waals surface area contributed by atoms with Crippen molar-refractivity contribution in [3.05, 3.63) is 88.5 Å². The number of amides is 2. The Morgan fingerprint density at radius 3 is 2.59 bits per heavy atom. The van der Waals surface area contributed by atoms with Crippen molar-refractivity contribution in [2.45, 2.75) is 18.0 Å². The number of halogens is 1. The van der Waals surface area contributed by atoms with Crippen LogP contribution < -0.4 is 10.6 Å². The van der Waals surface area contributed by atoms with E-state index in [-0.39, 0.29) is 23.4 Å². The SMILES string of the molecule is O=C(CSc1cn(CCNC(=O)c2cccs2)c2ccccc12)NCc1ccc(F)cc1. The van der Waals surface area contributed by atoms with Crippen molar-refractivity contribution in [3.63, 3.8) is 0 Å². The second-order valence-corrected chi connectivity index (χ2v) is 9.09. The summed E-state index contributed by atoms with van der Waals surface area (Å²) in [7, 11) is 0. The van der Waals surface area contributed by atoms with E-state index in [0.717, 1.165) is 21.4 Å². The summed E-state index contributed by atoms with van der Waals surface area (Å²) in [4.78, 5) is 26.2. The van der Waals surface area contributed by atoms with Gasteiger partial charge in [0, 0.05) is 41.6 Å². The Labute approximate surface area is 193 Å². The molecule has 164 valence electrons. The number of rotatable bonds is 9. The van der Waals surface area contributed by atoms with Gasteiger partial charge < -0.3 is 15.2 Å². The van der Waals surface area contributed by atoms with E-state index in [1.54, 1.807) is 18.2 Å². The van der Waals surface area contributed by atoms with Gasteiger partial charge >= 0.3 is 0 Å². The van der Waals surface area contributed by atoms with Crippen molar-refractivity contribution in [2.24, 2.45) is 0 Å². The van der Waals surface area contributed by atoms with Crippen molar-refractivity contribution in [3.8, 4) is 0 Å². The third-order valence-corrected chi connectivity index (χ3v) is 6.81. The first kappa shape index (κ1) is 22.1. The van der Waals surface area contributed by atoms with Crippen molar-refractivity contribution in [2.75, 3.05) is 12.3 Å². The quantitative estimate of drug-likeness (QED) is 0.351. The molecule has 32 heavy (non-hydrogen) atoms. The van der Waals surface area contributed by atoms with Gasteiger partial charge in [-0.1, -0.05) is 36.4 Å². The Morgan fingerprint density at radius 1 is 1.00 bits per heavy atom. The highest BCUT2D eigenvalue weighted by Gasteiger charge is 2.12. The first-order valence-electron chi connectivity index (χ1n) is 10.1. The molecule has 0 radical (unpaired) electrons. The number of thiophene rings is 1. The summed E-state index contributed by atoms with van der Waals surface area (Å²) in [6.07, 6.45) is 2.03. The highest BCUT2D eigenvalue weighted by molar-refractivity contribution is 8.00. The summed E-state index contributed by atoms with van der Waals surface area (Å²) in [6.45, 7) is 1.51. The van der Waals surface area contributed by atoms with Crippen LogP contribution in [0.2, 0.25) is 0 Å². The molecule has 2 N–H and O–H groups in total. The Morgan fingerprint density at radius 2 is 1.81 bits per heavy atom. The average molecular weight is 468 g/mol. The smallest absolute Gasteiger partial charge is 0.261 e. The van der Waals surface area contributed by atoms with Gasteiger partial charge in [0.2, 0.25) is 5.91 Å². The zero-order valence-corrected chi connectivity index (χ0v) is 18.8. The molecule has 0 unspecified atom stereocenters. The van der Waals surface area contributed by atoms with Gasteiger partial charge in [-0.25, -0.2) is 4.39 Å². The minimum absolute atomic E-state index is 0.0658. The van der Waals surface area contributed by atoms with E-state index in [1.165, 1.54) is 35.2 Å². The fourth-order valence-electron chi connectivity index (χ4n) is 3.30. The lowest BCUT2D eigenvalue weighted by Gasteiger charge is -2.06. The molecule has 0 saturated heterocycles. The fourth-order valence-corrected chi connectivity index (χ4v) is 4.85. The van der Waals surface area contributed by atoms with Crippen molar-refractivity contribution in [1.29, 1.82) is 0 Å². The van der Waals surface area contributed by atoms with Crippen LogP contribution in [0.3, 0.4) is 0 Å². The molecule has 0 saturated carbocycles. The molecule has 0 bridgehead atoms. The molecule has 0 aliphatic rings. The molecule has 8 heteroatoms. The molecule has 2 heterocycles. The third kappa shape index (κ3) is 5.57. The summed E-state index contributed by atoms with van der Waals surface area (Å²) in [5.74, 6) is -0.161. The van der Waals surface area contributed by atoms with Gasteiger partial charge in [0.25, 0.3) is 5.91 Å². The lowest BCUT2D eigenvalue weighted by molar-refractivity contribution is -0.118.